The molecular formula is C34H40FN5O4. The Morgan fingerprint density at radius 3 is 2.75 bits per heavy atom. The second kappa shape index (κ2) is 13.5. The summed E-state index contributed by atoms with van der Waals surface area (Å²) in [5, 5.41) is 15.1. The van der Waals surface area contributed by atoms with E-state index in [0.29, 0.717) is 54.8 Å². The van der Waals surface area contributed by atoms with Crippen LogP contribution in [-0.4, -0.2) is 68.6 Å². The SMILES string of the molecule is Cc1ccc2c(CC[C@@H](O)CF)cccc2c1Oc1ncccc1-c1ccnc(N[C@H]2CCCN(C(=O)OC(C)(C)C)C2)n1. The number of fused-ring (bicyclic) bond motifs is 1. The van der Waals surface area contributed by atoms with E-state index in [1.807, 2.05) is 76.2 Å². The summed E-state index contributed by atoms with van der Waals surface area (Å²) in [7, 11) is 0. The Morgan fingerprint density at radius 1 is 1.11 bits per heavy atom. The number of aliphatic hydroxyl groups excluding tert-OH is 1. The number of hydrogen-bond donors (Lipinski definition) is 2. The number of aliphatic hydroxyl groups is 1. The number of nitrogens with zero attached hydrogens (tertiary/aromatic N) is 4. The van der Waals surface area contributed by atoms with Gasteiger partial charge in [0.25, 0.3) is 0 Å². The van der Waals surface area contributed by atoms with E-state index in [1.54, 1.807) is 17.3 Å². The van der Waals surface area contributed by atoms with E-state index in [0.717, 1.165) is 34.7 Å². The number of anilines is 1. The zero-order valence-corrected chi connectivity index (χ0v) is 25.7. The van der Waals surface area contributed by atoms with Gasteiger partial charge >= 0.3 is 6.09 Å². The molecule has 1 aliphatic rings. The summed E-state index contributed by atoms with van der Waals surface area (Å²) < 4.78 is 25.0. The van der Waals surface area contributed by atoms with Gasteiger partial charge < -0.3 is 24.8 Å². The average Bonchev–Trinajstić information content (AvgIpc) is 3.01. The molecule has 2 atom stereocenters. The number of carbonyl (C=O) groups excluding carboxylic acids is 1. The number of rotatable bonds is 9. The van der Waals surface area contributed by atoms with Gasteiger partial charge in [0.1, 0.15) is 18.0 Å². The van der Waals surface area contributed by atoms with Crippen molar-refractivity contribution in [1.82, 2.24) is 19.9 Å². The number of benzene rings is 2. The number of piperidine rings is 1. The largest absolute Gasteiger partial charge is 0.444 e. The standard InChI is InChI=1S/C34H40FN5O4/c1-22-12-15-26-23(13-14-25(41)20-35)8-5-10-27(26)30(22)43-31-28(11-6-17-36-31)29-16-18-37-32(39-29)38-24-9-7-19-40(21-24)33(42)44-34(2,3)4/h5-6,8,10-12,15-18,24-25,41H,7,9,13-14,19-21H2,1-4H3,(H,37,38,39)/t24-,25+/m0/s1. The van der Waals surface area contributed by atoms with E-state index in [-0.39, 0.29) is 12.1 Å². The first kappa shape index (κ1) is 31.1. The van der Waals surface area contributed by atoms with Gasteiger partial charge in [-0.1, -0.05) is 30.3 Å². The fraction of sp³-hybridized carbons (Fsp3) is 0.412. The Morgan fingerprint density at radius 2 is 1.95 bits per heavy atom. The molecule has 0 unspecified atom stereocenters. The second-order valence-corrected chi connectivity index (χ2v) is 12.2. The molecule has 1 aliphatic heterocycles. The molecule has 0 bridgehead atoms. The van der Waals surface area contributed by atoms with Crippen molar-refractivity contribution in [3.8, 4) is 22.9 Å². The van der Waals surface area contributed by atoms with Crippen molar-refractivity contribution in [3.05, 3.63) is 72.1 Å². The maximum Gasteiger partial charge on any atom is 0.410 e. The van der Waals surface area contributed by atoms with E-state index in [1.165, 1.54) is 0 Å². The molecule has 1 amide bonds. The lowest BCUT2D eigenvalue weighted by Gasteiger charge is -2.34. The summed E-state index contributed by atoms with van der Waals surface area (Å²) >= 11 is 0. The predicted octanol–water partition coefficient (Wildman–Crippen LogP) is 6.87. The first-order valence-corrected chi connectivity index (χ1v) is 15.1. The minimum absolute atomic E-state index is 0.0188. The predicted molar refractivity (Wildman–Crippen MR) is 169 cm³/mol. The van der Waals surface area contributed by atoms with Gasteiger partial charge in [-0.2, -0.15) is 0 Å². The van der Waals surface area contributed by atoms with E-state index < -0.39 is 18.4 Å². The molecule has 2 N–H and O–H groups in total. The number of amides is 1. The third-order valence-electron chi connectivity index (χ3n) is 7.53. The van der Waals surface area contributed by atoms with Gasteiger partial charge in [-0.05, 0) is 88.1 Å². The van der Waals surface area contributed by atoms with Crippen molar-refractivity contribution < 1.29 is 23.8 Å². The molecule has 9 nitrogen and oxygen atoms in total. The minimum Gasteiger partial charge on any atom is -0.444 e. The van der Waals surface area contributed by atoms with Crippen molar-refractivity contribution in [1.29, 1.82) is 0 Å². The average molecular weight is 602 g/mol. The number of halogens is 1. The molecule has 0 saturated carbocycles. The Bertz CT molecular complexity index is 1610. The lowest BCUT2D eigenvalue weighted by Crippen LogP contribution is -2.47. The highest BCUT2D eigenvalue weighted by Crippen LogP contribution is 2.37. The van der Waals surface area contributed by atoms with Crippen molar-refractivity contribution in [3.63, 3.8) is 0 Å². The van der Waals surface area contributed by atoms with Gasteiger partial charge in [-0.3, -0.25) is 0 Å². The lowest BCUT2D eigenvalue weighted by molar-refractivity contribution is 0.0206. The smallest absolute Gasteiger partial charge is 0.410 e. The second-order valence-electron chi connectivity index (χ2n) is 12.2. The Kier molecular flexibility index (Phi) is 9.58. The van der Waals surface area contributed by atoms with Gasteiger partial charge in [0.2, 0.25) is 11.8 Å². The van der Waals surface area contributed by atoms with Crippen LogP contribution in [0.15, 0.2) is 60.9 Å². The highest BCUT2D eigenvalue weighted by molar-refractivity contribution is 5.92. The molecule has 0 aliphatic carbocycles. The van der Waals surface area contributed by atoms with Crippen molar-refractivity contribution in [2.75, 3.05) is 25.1 Å². The molecule has 4 aromatic rings. The molecular weight excluding hydrogens is 561 g/mol. The molecule has 1 fully saturated rings. The van der Waals surface area contributed by atoms with Crippen molar-refractivity contribution >= 4 is 22.8 Å². The van der Waals surface area contributed by atoms with Crippen LogP contribution in [0.5, 0.6) is 11.6 Å². The summed E-state index contributed by atoms with van der Waals surface area (Å²) in [6.45, 7) is 7.96. The Hall–Kier alpha value is -4.31. The summed E-state index contributed by atoms with van der Waals surface area (Å²) in [5.41, 5.74) is 2.75. The van der Waals surface area contributed by atoms with Crippen LogP contribution >= 0.6 is 0 Å². The number of ether oxygens (including phenoxy) is 2. The maximum absolute atomic E-state index is 12.9. The highest BCUT2D eigenvalue weighted by atomic mass is 19.1. The number of aromatic nitrogens is 3. The summed E-state index contributed by atoms with van der Waals surface area (Å²) in [4.78, 5) is 28.1. The van der Waals surface area contributed by atoms with Crippen molar-refractivity contribution in [2.45, 2.75) is 71.1 Å². The van der Waals surface area contributed by atoms with Gasteiger partial charge in [0, 0.05) is 36.9 Å². The molecule has 2 aromatic carbocycles. The fourth-order valence-corrected chi connectivity index (χ4v) is 5.37. The molecule has 10 heteroatoms. The number of carbonyl (C=O) groups is 1. The molecule has 0 spiro atoms. The molecule has 2 aromatic heterocycles. The first-order chi connectivity index (χ1) is 21.1. The Balaban J connectivity index is 1.37. The zero-order chi connectivity index (χ0) is 31.3. The van der Waals surface area contributed by atoms with Crippen LogP contribution in [0, 0.1) is 6.92 Å². The third-order valence-corrected chi connectivity index (χ3v) is 7.53. The Labute approximate surface area is 257 Å². The van der Waals surface area contributed by atoms with Gasteiger partial charge in [-0.15, -0.1) is 0 Å². The van der Waals surface area contributed by atoms with Gasteiger partial charge in [0.05, 0.1) is 17.4 Å². The molecule has 3 heterocycles. The topological polar surface area (TPSA) is 110 Å². The van der Waals surface area contributed by atoms with Crippen LogP contribution in [-0.2, 0) is 11.2 Å². The summed E-state index contributed by atoms with van der Waals surface area (Å²) in [5.74, 6) is 1.53. The highest BCUT2D eigenvalue weighted by Gasteiger charge is 2.28. The third kappa shape index (κ3) is 7.60. The molecule has 1 saturated heterocycles. The zero-order valence-electron chi connectivity index (χ0n) is 25.7. The normalized spacial score (nSPS) is 16.0. The van der Waals surface area contributed by atoms with E-state index in [9.17, 15) is 14.3 Å². The van der Waals surface area contributed by atoms with Crippen LogP contribution in [0.4, 0.5) is 15.1 Å². The minimum atomic E-state index is -0.975. The van der Waals surface area contributed by atoms with E-state index in [2.05, 4.69) is 15.3 Å². The number of nitrogens with one attached hydrogen (secondary N) is 1. The summed E-state index contributed by atoms with van der Waals surface area (Å²) in [6, 6.07) is 15.5. The van der Waals surface area contributed by atoms with Crippen molar-refractivity contribution in [2.24, 2.45) is 0 Å². The van der Waals surface area contributed by atoms with Crippen LogP contribution in [0.2, 0.25) is 0 Å². The molecule has 5 rings (SSSR count). The lowest BCUT2D eigenvalue weighted by atomic mass is 9.97. The molecule has 0 radical (unpaired) electrons. The number of hydrogen-bond acceptors (Lipinski definition) is 8. The molecule has 44 heavy (non-hydrogen) atoms. The maximum atomic E-state index is 12.9. The van der Waals surface area contributed by atoms with Crippen LogP contribution in [0.1, 0.15) is 51.2 Å². The van der Waals surface area contributed by atoms with Crippen LogP contribution in [0.3, 0.4) is 0 Å². The van der Waals surface area contributed by atoms with Crippen LogP contribution in [0.25, 0.3) is 22.0 Å². The van der Waals surface area contributed by atoms with E-state index >= 15 is 0 Å². The monoisotopic (exact) mass is 601 g/mol. The number of likely N-dealkylation sites (tertiary alicyclic amines) is 1. The fourth-order valence-electron chi connectivity index (χ4n) is 5.37. The quantitative estimate of drug-likeness (QED) is 0.214. The van der Waals surface area contributed by atoms with Gasteiger partial charge in [0.15, 0.2) is 0 Å². The van der Waals surface area contributed by atoms with Gasteiger partial charge in [-0.25, -0.2) is 24.1 Å². The summed E-state index contributed by atoms with van der Waals surface area (Å²) in [6.07, 6.45) is 4.69. The van der Waals surface area contributed by atoms with E-state index in [4.69, 9.17) is 14.5 Å². The van der Waals surface area contributed by atoms with Crippen LogP contribution < -0.4 is 10.1 Å². The number of alkyl halides is 1. The number of aryl methyl sites for hydroxylation is 2. The molecule has 232 valence electrons. The number of pyridine rings is 1. The first-order valence-electron chi connectivity index (χ1n) is 15.1.